The minimum atomic E-state index is -0.154. The van der Waals surface area contributed by atoms with E-state index in [9.17, 15) is 4.79 Å². The summed E-state index contributed by atoms with van der Waals surface area (Å²) in [6.07, 6.45) is 3.58. The molecule has 2 heterocycles. The molecule has 18 heavy (non-hydrogen) atoms. The molecule has 0 spiro atoms. The van der Waals surface area contributed by atoms with Gasteiger partial charge in [0.2, 0.25) is 0 Å². The zero-order valence-electron chi connectivity index (χ0n) is 10.4. The maximum Gasteiger partial charge on any atom is 0.323 e. The van der Waals surface area contributed by atoms with Crippen LogP contribution in [-0.4, -0.2) is 35.5 Å². The van der Waals surface area contributed by atoms with Crippen LogP contribution < -0.4 is 11.3 Å². The Morgan fingerprint density at radius 1 is 1.72 bits per heavy atom. The van der Waals surface area contributed by atoms with Crippen LogP contribution in [0.2, 0.25) is 0 Å². The zero-order valence-corrected chi connectivity index (χ0v) is 10.4. The van der Waals surface area contributed by atoms with Crippen LogP contribution in [0, 0.1) is 0 Å². The van der Waals surface area contributed by atoms with Crippen LogP contribution in [0.4, 0.5) is 5.82 Å². The quantitative estimate of drug-likeness (QED) is 0.460. The average molecular weight is 250 g/mol. The molecule has 6 heteroatoms. The van der Waals surface area contributed by atoms with Crippen molar-refractivity contribution in [3.63, 3.8) is 0 Å². The number of carbonyl (C=O) groups excluding carboxylic acids is 1. The summed E-state index contributed by atoms with van der Waals surface area (Å²) in [6, 6.07) is 3.68. The van der Waals surface area contributed by atoms with E-state index < -0.39 is 0 Å². The van der Waals surface area contributed by atoms with Crippen LogP contribution in [-0.2, 0) is 16.1 Å². The van der Waals surface area contributed by atoms with Crippen LogP contribution in [0.5, 0.6) is 0 Å². The van der Waals surface area contributed by atoms with Gasteiger partial charge >= 0.3 is 5.97 Å². The van der Waals surface area contributed by atoms with Gasteiger partial charge in [-0.25, -0.2) is 10.8 Å². The Morgan fingerprint density at radius 2 is 2.56 bits per heavy atom. The molecule has 0 radical (unpaired) electrons. The Morgan fingerprint density at radius 3 is 3.28 bits per heavy atom. The van der Waals surface area contributed by atoms with Gasteiger partial charge in [-0.15, -0.1) is 0 Å². The molecule has 1 atom stereocenters. The van der Waals surface area contributed by atoms with Crippen LogP contribution in [0.15, 0.2) is 18.3 Å². The predicted molar refractivity (Wildman–Crippen MR) is 67.5 cm³/mol. The van der Waals surface area contributed by atoms with E-state index in [2.05, 4.69) is 15.3 Å². The van der Waals surface area contributed by atoms with Gasteiger partial charge in [-0.2, -0.15) is 0 Å². The van der Waals surface area contributed by atoms with Crippen molar-refractivity contribution in [3.8, 4) is 0 Å². The van der Waals surface area contributed by atoms with E-state index in [0.717, 1.165) is 24.9 Å². The number of hydrogen-bond acceptors (Lipinski definition) is 6. The van der Waals surface area contributed by atoms with Gasteiger partial charge in [-0.1, -0.05) is 0 Å². The monoisotopic (exact) mass is 250 g/mol. The molecule has 2 rings (SSSR count). The topological polar surface area (TPSA) is 80.5 Å². The molecule has 1 aliphatic rings. The molecular formula is C12H18N4O2. The van der Waals surface area contributed by atoms with Gasteiger partial charge in [0.25, 0.3) is 0 Å². The Bertz CT molecular complexity index is 424. The molecule has 1 aliphatic heterocycles. The first-order valence-electron chi connectivity index (χ1n) is 5.98. The zero-order chi connectivity index (χ0) is 13.0. The lowest BCUT2D eigenvalue weighted by Gasteiger charge is -2.22. The molecule has 3 N–H and O–H groups in total. The maximum atomic E-state index is 11.6. The average Bonchev–Trinajstić information content (AvgIpc) is 2.86. The summed E-state index contributed by atoms with van der Waals surface area (Å²) in [5.41, 5.74) is 3.59. The smallest absolute Gasteiger partial charge is 0.323 e. The van der Waals surface area contributed by atoms with Gasteiger partial charge in [0.15, 0.2) is 0 Å². The van der Waals surface area contributed by atoms with E-state index in [1.54, 1.807) is 6.20 Å². The van der Waals surface area contributed by atoms with Crippen molar-refractivity contribution in [1.82, 2.24) is 9.88 Å². The number of aromatic nitrogens is 1. The van der Waals surface area contributed by atoms with Crippen LogP contribution in [0.3, 0.4) is 0 Å². The highest BCUT2D eigenvalue weighted by molar-refractivity contribution is 5.75. The van der Waals surface area contributed by atoms with Gasteiger partial charge in [0, 0.05) is 12.7 Å². The van der Waals surface area contributed by atoms with Crippen LogP contribution in [0.25, 0.3) is 0 Å². The second-order valence-electron chi connectivity index (χ2n) is 4.35. The fourth-order valence-electron chi connectivity index (χ4n) is 2.30. The Kier molecular flexibility index (Phi) is 4.11. The van der Waals surface area contributed by atoms with Crippen LogP contribution >= 0.6 is 0 Å². The van der Waals surface area contributed by atoms with Gasteiger partial charge in [0.05, 0.1) is 7.11 Å². The third-order valence-electron chi connectivity index (χ3n) is 3.19. The third kappa shape index (κ3) is 2.77. The van der Waals surface area contributed by atoms with Crippen molar-refractivity contribution < 1.29 is 9.53 Å². The molecule has 1 aromatic heterocycles. The molecule has 0 aliphatic carbocycles. The summed E-state index contributed by atoms with van der Waals surface area (Å²) in [5.74, 6) is 5.80. The summed E-state index contributed by atoms with van der Waals surface area (Å²) < 4.78 is 4.82. The minimum Gasteiger partial charge on any atom is -0.468 e. The van der Waals surface area contributed by atoms with Crippen molar-refractivity contribution in [2.75, 3.05) is 19.1 Å². The highest BCUT2D eigenvalue weighted by atomic mass is 16.5. The summed E-state index contributed by atoms with van der Waals surface area (Å²) in [6.45, 7) is 1.62. The number of nitrogens with one attached hydrogen (secondary N) is 1. The molecule has 0 aromatic carbocycles. The summed E-state index contributed by atoms with van der Waals surface area (Å²) in [5, 5.41) is 0. The van der Waals surface area contributed by atoms with Gasteiger partial charge in [-0.05, 0) is 37.1 Å². The molecule has 6 nitrogen and oxygen atoms in total. The fraction of sp³-hybridized carbons (Fsp3) is 0.500. The summed E-state index contributed by atoms with van der Waals surface area (Å²) in [4.78, 5) is 17.8. The van der Waals surface area contributed by atoms with Crippen molar-refractivity contribution in [2.24, 2.45) is 5.84 Å². The van der Waals surface area contributed by atoms with Crippen molar-refractivity contribution in [1.29, 1.82) is 0 Å². The first-order chi connectivity index (χ1) is 8.74. The maximum absolute atomic E-state index is 11.6. The number of nitrogens with two attached hydrogens (primary N) is 1. The molecule has 0 bridgehead atoms. The normalized spacial score (nSPS) is 19.8. The molecule has 1 unspecified atom stereocenters. The Hall–Kier alpha value is -1.66. The first-order valence-corrected chi connectivity index (χ1v) is 5.98. The van der Waals surface area contributed by atoms with E-state index in [4.69, 9.17) is 10.6 Å². The largest absolute Gasteiger partial charge is 0.468 e. The summed E-state index contributed by atoms with van der Waals surface area (Å²) >= 11 is 0. The van der Waals surface area contributed by atoms with E-state index in [1.807, 2.05) is 12.1 Å². The highest BCUT2D eigenvalue weighted by Gasteiger charge is 2.31. The lowest BCUT2D eigenvalue weighted by Crippen LogP contribution is -2.36. The van der Waals surface area contributed by atoms with E-state index in [0.29, 0.717) is 12.4 Å². The van der Waals surface area contributed by atoms with Gasteiger partial charge in [0.1, 0.15) is 11.9 Å². The minimum absolute atomic E-state index is 0.127. The van der Waals surface area contributed by atoms with E-state index in [-0.39, 0.29) is 12.0 Å². The number of ether oxygens (including phenoxy) is 1. The third-order valence-corrected chi connectivity index (χ3v) is 3.19. The number of hydrazine groups is 1. The fourth-order valence-corrected chi connectivity index (χ4v) is 2.30. The van der Waals surface area contributed by atoms with Crippen molar-refractivity contribution in [2.45, 2.75) is 25.4 Å². The second-order valence-corrected chi connectivity index (χ2v) is 4.35. The molecule has 0 amide bonds. The van der Waals surface area contributed by atoms with E-state index in [1.165, 1.54) is 7.11 Å². The number of anilines is 1. The second kappa shape index (κ2) is 5.79. The number of pyridine rings is 1. The number of carbonyl (C=O) groups is 1. The standard InChI is InChI=1S/C12H18N4O2/c1-18-12(17)10-3-2-6-16(10)8-9-4-5-14-11(7-9)15-13/h4-5,7,10H,2-3,6,8,13H2,1H3,(H,14,15). The summed E-state index contributed by atoms with van der Waals surface area (Å²) in [7, 11) is 1.43. The van der Waals surface area contributed by atoms with Gasteiger partial charge < -0.3 is 10.2 Å². The molecule has 1 aromatic rings. The number of hydrogen-bond donors (Lipinski definition) is 2. The molecule has 1 fully saturated rings. The van der Waals surface area contributed by atoms with Crippen molar-refractivity contribution >= 4 is 11.8 Å². The predicted octanol–water partition coefficient (Wildman–Crippen LogP) is 0.505. The Balaban J connectivity index is 2.05. The van der Waals surface area contributed by atoms with Crippen molar-refractivity contribution in [3.05, 3.63) is 23.9 Å². The lowest BCUT2D eigenvalue weighted by atomic mass is 10.2. The number of esters is 1. The lowest BCUT2D eigenvalue weighted by molar-refractivity contribution is -0.146. The SMILES string of the molecule is COC(=O)C1CCCN1Cc1ccnc(NN)c1. The number of methoxy groups -OCH3 is 1. The van der Waals surface area contributed by atoms with Crippen LogP contribution in [0.1, 0.15) is 18.4 Å². The number of nitrogens with zero attached hydrogens (tertiary/aromatic N) is 2. The first kappa shape index (κ1) is 12.8. The molecule has 0 saturated carbocycles. The molecular weight excluding hydrogens is 232 g/mol. The Labute approximate surface area is 106 Å². The number of nitrogen functional groups attached to an aromatic ring is 1. The molecule has 98 valence electrons. The number of likely N-dealkylation sites (tertiary alicyclic amines) is 1. The van der Waals surface area contributed by atoms with E-state index >= 15 is 0 Å². The number of rotatable bonds is 4. The highest BCUT2D eigenvalue weighted by Crippen LogP contribution is 2.21. The molecule has 1 saturated heterocycles. The van der Waals surface area contributed by atoms with Gasteiger partial charge in [-0.3, -0.25) is 9.69 Å².